The molecule has 0 spiro atoms. The molecular formula is C11H11F2NO3. The Hall–Kier alpha value is -1.98. The summed E-state index contributed by atoms with van der Waals surface area (Å²) in [6.07, 6.45) is -2.67. The average molecular weight is 243 g/mol. The molecule has 0 bridgehead atoms. The molecule has 0 radical (unpaired) electrons. The summed E-state index contributed by atoms with van der Waals surface area (Å²) < 4.78 is 29.4. The fraction of sp³-hybridized carbons (Fsp3) is 0.273. The van der Waals surface area contributed by atoms with Gasteiger partial charge in [0.25, 0.3) is 6.43 Å². The largest absolute Gasteiger partial charge is 0.465 e. The predicted octanol–water partition coefficient (Wildman–Crippen LogP) is 2.37. The standard InChI is InChI=1S/C11H11F2NO3/c1-6(15)14-9-5-7(10(12)13)3-4-8(9)11(16)17-2/h3-5,10H,1-2H3,(H,14,15). The lowest BCUT2D eigenvalue weighted by Crippen LogP contribution is -2.12. The first kappa shape index (κ1) is 13.1. The van der Waals surface area contributed by atoms with Crippen molar-refractivity contribution in [3.63, 3.8) is 0 Å². The molecule has 1 N–H and O–H groups in total. The minimum atomic E-state index is -2.67. The molecule has 0 atom stereocenters. The Morgan fingerprint density at radius 1 is 1.35 bits per heavy atom. The number of nitrogens with one attached hydrogen (secondary N) is 1. The van der Waals surface area contributed by atoms with Crippen LogP contribution in [-0.2, 0) is 9.53 Å². The van der Waals surface area contributed by atoms with Crippen LogP contribution in [0.3, 0.4) is 0 Å². The monoisotopic (exact) mass is 243 g/mol. The maximum atomic E-state index is 12.5. The van der Waals surface area contributed by atoms with Crippen LogP contribution < -0.4 is 5.32 Å². The van der Waals surface area contributed by atoms with Gasteiger partial charge in [0.1, 0.15) is 0 Å². The van der Waals surface area contributed by atoms with Crippen LogP contribution in [0, 0.1) is 0 Å². The lowest BCUT2D eigenvalue weighted by molar-refractivity contribution is -0.114. The second kappa shape index (κ2) is 5.38. The zero-order chi connectivity index (χ0) is 13.0. The molecule has 1 rings (SSSR count). The van der Waals surface area contributed by atoms with Crippen molar-refractivity contribution in [1.82, 2.24) is 0 Å². The lowest BCUT2D eigenvalue weighted by Gasteiger charge is -2.10. The number of alkyl halides is 2. The van der Waals surface area contributed by atoms with Crippen molar-refractivity contribution >= 4 is 17.6 Å². The summed E-state index contributed by atoms with van der Waals surface area (Å²) in [7, 11) is 1.17. The van der Waals surface area contributed by atoms with E-state index in [-0.39, 0.29) is 16.8 Å². The number of halogens is 2. The molecule has 6 heteroatoms. The second-order valence-electron chi connectivity index (χ2n) is 3.28. The van der Waals surface area contributed by atoms with E-state index >= 15 is 0 Å². The van der Waals surface area contributed by atoms with Crippen LogP contribution in [0.1, 0.15) is 29.3 Å². The molecule has 0 aliphatic rings. The third-order valence-electron chi connectivity index (χ3n) is 2.01. The Kier molecular flexibility index (Phi) is 4.14. The number of ether oxygens (including phenoxy) is 1. The third-order valence-corrected chi connectivity index (χ3v) is 2.01. The Morgan fingerprint density at radius 3 is 2.47 bits per heavy atom. The van der Waals surface area contributed by atoms with Crippen LogP contribution in [0.2, 0.25) is 0 Å². The van der Waals surface area contributed by atoms with Crippen LogP contribution in [0.25, 0.3) is 0 Å². The van der Waals surface area contributed by atoms with Crippen molar-refractivity contribution in [3.8, 4) is 0 Å². The number of hydrogen-bond donors (Lipinski definition) is 1. The molecule has 92 valence electrons. The minimum absolute atomic E-state index is 0.0159. The van der Waals surface area contributed by atoms with Gasteiger partial charge < -0.3 is 10.1 Å². The van der Waals surface area contributed by atoms with E-state index in [0.717, 1.165) is 12.1 Å². The minimum Gasteiger partial charge on any atom is -0.465 e. The maximum Gasteiger partial charge on any atom is 0.339 e. The Bertz CT molecular complexity index is 446. The molecule has 0 fully saturated rings. The molecule has 0 aliphatic carbocycles. The number of anilines is 1. The molecular weight excluding hydrogens is 232 g/mol. The van der Waals surface area contributed by atoms with Gasteiger partial charge in [-0.2, -0.15) is 0 Å². The fourth-order valence-electron chi connectivity index (χ4n) is 1.28. The van der Waals surface area contributed by atoms with E-state index in [0.29, 0.717) is 0 Å². The summed E-state index contributed by atoms with van der Waals surface area (Å²) in [4.78, 5) is 22.2. The molecule has 1 amide bonds. The highest BCUT2D eigenvalue weighted by Crippen LogP contribution is 2.25. The summed E-state index contributed by atoms with van der Waals surface area (Å²) in [6.45, 7) is 1.22. The van der Waals surface area contributed by atoms with Gasteiger partial charge in [0.15, 0.2) is 0 Å². The van der Waals surface area contributed by atoms with Crippen molar-refractivity contribution in [1.29, 1.82) is 0 Å². The number of benzene rings is 1. The van der Waals surface area contributed by atoms with Crippen molar-refractivity contribution in [3.05, 3.63) is 29.3 Å². The summed E-state index contributed by atoms with van der Waals surface area (Å²) in [5.41, 5.74) is -0.226. The first-order valence-electron chi connectivity index (χ1n) is 4.73. The van der Waals surface area contributed by atoms with Gasteiger partial charge in [-0.15, -0.1) is 0 Å². The molecule has 0 saturated heterocycles. The molecule has 1 aromatic carbocycles. The van der Waals surface area contributed by atoms with E-state index < -0.39 is 18.3 Å². The highest BCUT2D eigenvalue weighted by atomic mass is 19.3. The molecule has 0 aromatic heterocycles. The topological polar surface area (TPSA) is 55.4 Å². The lowest BCUT2D eigenvalue weighted by atomic mass is 10.1. The summed E-state index contributed by atoms with van der Waals surface area (Å²) in [6, 6.07) is 3.36. The SMILES string of the molecule is COC(=O)c1ccc(C(F)F)cc1NC(C)=O. The summed E-state index contributed by atoms with van der Waals surface area (Å²) in [5.74, 6) is -1.16. The summed E-state index contributed by atoms with van der Waals surface area (Å²) >= 11 is 0. The predicted molar refractivity (Wildman–Crippen MR) is 57.0 cm³/mol. The van der Waals surface area contributed by atoms with Crippen molar-refractivity contribution in [2.45, 2.75) is 13.3 Å². The van der Waals surface area contributed by atoms with E-state index in [1.165, 1.54) is 20.1 Å². The second-order valence-corrected chi connectivity index (χ2v) is 3.28. The number of hydrogen-bond acceptors (Lipinski definition) is 3. The maximum absolute atomic E-state index is 12.5. The Balaban J connectivity index is 3.21. The first-order valence-corrected chi connectivity index (χ1v) is 4.73. The van der Waals surface area contributed by atoms with Gasteiger partial charge in [-0.25, -0.2) is 13.6 Å². The number of esters is 1. The molecule has 17 heavy (non-hydrogen) atoms. The normalized spacial score (nSPS) is 10.2. The number of rotatable bonds is 3. The smallest absolute Gasteiger partial charge is 0.339 e. The average Bonchev–Trinajstić information content (AvgIpc) is 2.27. The van der Waals surface area contributed by atoms with E-state index in [4.69, 9.17) is 0 Å². The highest BCUT2D eigenvalue weighted by molar-refractivity contribution is 6.00. The molecule has 0 saturated carbocycles. The van der Waals surface area contributed by atoms with Crippen LogP contribution in [0.4, 0.5) is 14.5 Å². The third kappa shape index (κ3) is 3.24. The van der Waals surface area contributed by atoms with Gasteiger partial charge in [-0.1, -0.05) is 6.07 Å². The van der Waals surface area contributed by atoms with Crippen LogP contribution >= 0.6 is 0 Å². The number of carbonyl (C=O) groups excluding carboxylic acids is 2. The van der Waals surface area contributed by atoms with Gasteiger partial charge in [0.05, 0.1) is 18.4 Å². The zero-order valence-electron chi connectivity index (χ0n) is 9.29. The van der Waals surface area contributed by atoms with Gasteiger partial charge in [0.2, 0.25) is 5.91 Å². The molecule has 0 unspecified atom stereocenters. The van der Waals surface area contributed by atoms with Crippen molar-refractivity contribution in [2.75, 3.05) is 12.4 Å². The van der Waals surface area contributed by atoms with Crippen molar-refractivity contribution < 1.29 is 23.1 Å². The van der Waals surface area contributed by atoms with E-state index in [2.05, 4.69) is 10.1 Å². The van der Waals surface area contributed by atoms with Crippen LogP contribution in [0.15, 0.2) is 18.2 Å². The van der Waals surface area contributed by atoms with E-state index in [9.17, 15) is 18.4 Å². The van der Waals surface area contributed by atoms with E-state index in [1.54, 1.807) is 0 Å². The van der Waals surface area contributed by atoms with Gasteiger partial charge in [0, 0.05) is 12.5 Å². The highest BCUT2D eigenvalue weighted by Gasteiger charge is 2.16. The number of amides is 1. The summed E-state index contributed by atoms with van der Waals surface area (Å²) in [5, 5.41) is 2.31. The number of methoxy groups -OCH3 is 1. The van der Waals surface area contributed by atoms with Gasteiger partial charge in [-0.05, 0) is 12.1 Å². The van der Waals surface area contributed by atoms with Crippen molar-refractivity contribution in [2.24, 2.45) is 0 Å². The van der Waals surface area contributed by atoms with Gasteiger partial charge >= 0.3 is 5.97 Å². The Labute approximate surface area is 96.6 Å². The molecule has 4 nitrogen and oxygen atoms in total. The Morgan fingerprint density at radius 2 is 2.00 bits per heavy atom. The number of carbonyl (C=O) groups is 2. The first-order chi connectivity index (χ1) is 7.95. The molecule has 1 aromatic rings. The fourth-order valence-corrected chi connectivity index (χ4v) is 1.28. The molecule has 0 aliphatic heterocycles. The van der Waals surface area contributed by atoms with E-state index in [1.807, 2.05) is 0 Å². The zero-order valence-corrected chi connectivity index (χ0v) is 9.29. The van der Waals surface area contributed by atoms with Crippen LogP contribution in [-0.4, -0.2) is 19.0 Å². The van der Waals surface area contributed by atoms with Gasteiger partial charge in [-0.3, -0.25) is 4.79 Å². The van der Waals surface area contributed by atoms with Crippen LogP contribution in [0.5, 0.6) is 0 Å². The molecule has 0 heterocycles. The quantitative estimate of drug-likeness (QED) is 0.829.